The summed E-state index contributed by atoms with van der Waals surface area (Å²) in [5.74, 6) is 0.926. The van der Waals surface area contributed by atoms with Crippen molar-refractivity contribution in [2.75, 3.05) is 6.61 Å². The summed E-state index contributed by atoms with van der Waals surface area (Å²) in [7, 11) is 0. The van der Waals surface area contributed by atoms with Gasteiger partial charge in [-0.05, 0) is 54.5 Å². The molecule has 3 aromatic rings. The molecule has 0 saturated heterocycles. The van der Waals surface area contributed by atoms with Crippen molar-refractivity contribution in [2.24, 2.45) is 0 Å². The minimum Gasteiger partial charge on any atom is -0.494 e. The normalized spacial score (nSPS) is 15.3. The topological polar surface area (TPSA) is 72.6 Å². The minimum atomic E-state index is 0.107. The van der Waals surface area contributed by atoms with Crippen LogP contribution in [0.1, 0.15) is 51.5 Å². The smallest absolute Gasteiger partial charge is 0.219 e. The SMILES string of the molecule is CCOc1ccc2c(c1)cc(CN(C(C)=O)C1CCCCC1)c1nnnn12. The third-order valence-corrected chi connectivity index (χ3v) is 5.39. The van der Waals surface area contributed by atoms with E-state index in [1.165, 1.54) is 19.3 Å². The first-order valence-electron chi connectivity index (χ1n) is 9.71. The molecule has 1 aliphatic rings. The van der Waals surface area contributed by atoms with Gasteiger partial charge in [0.2, 0.25) is 5.91 Å². The lowest BCUT2D eigenvalue weighted by Gasteiger charge is -2.33. The Morgan fingerprint density at radius 1 is 1.26 bits per heavy atom. The maximum absolute atomic E-state index is 12.4. The second-order valence-electron chi connectivity index (χ2n) is 7.18. The van der Waals surface area contributed by atoms with Crippen molar-refractivity contribution >= 4 is 22.5 Å². The van der Waals surface area contributed by atoms with Crippen LogP contribution in [0.25, 0.3) is 16.6 Å². The van der Waals surface area contributed by atoms with Crippen LogP contribution in [-0.2, 0) is 11.3 Å². The second-order valence-corrected chi connectivity index (χ2v) is 7.18. The van der Waals surface area contributed by atoms with Crippen LogP contribution in [0, 0.1) is 0 Å². The van der Waals surface area contributed by atoms with Crippen LogP contribution in [-0.4, -0.2) is 43.5 Å². The minimum absolute atomic E-state index is 0.107. The van der Waals surface area contributed by atoms with Crippen molar-refractivity contribution in [1.82, 2.24) is 24.9 Å². The predicted octanol–water partition coefficient (Wildman–Crippen LogP) is 3.36. The highest BCUT2D eigenvalue weighted by atomic mass is 16.5. The van der Waals surface area contributed by atoms with Gasteiger partial charge in [-0.3, -0.25) is 4.79 Å². The van der Waals surface area contributed by atoms with Crippen molar-refractivity contribution < 1.29 is 9.53 Å². The van der Waals surface area contributed by atoms with Crippen molar-refractivity contribution in [3.05, 3.63) is 29.8 Å². The summed E-state index contributed by atoms with van der Waals surface area (Å²) in [6.07, 6.45) is 5.78. The number of benzene rings is 1. The Labute approximate surface area is 158 Å². The Balaban J connectivity index is 1.76. The van der Waals surface area contributed by atoms with Crippen LogP contribution < -0.4 is 4.74 Å². The maximum atomic E-state index is 12.4. The van der Waals surface area contributed by atoms with Gasteiger partial charge in [-0.2, -0.15) is 4.52 Å². The fourth-order valence-electron chi connectivity index (χ4n) is 4.09. The van der Waals surface area contributed by atoms with Crippen molar-refractivity contribution in [3.63, 3.8) is 0 Å². The molecule has 142 valence electrons. The quantitative estimate of drug-likeness (QED) is 0.691. The molecule has 0 unspecified atom stereocenters. The van der Waals surface area contributed by atoms with Gasteiger partial charge in [0.05, 0.1) is 12.1 Å². The van der Waals surface area contributed by atoms with E-state index in [4.69, 9.17) is 4.74 Å². The molecule has 0 bridgehead atoms. The molecule has 0 atom stereocenters. The monoisotopic (exact) mass is 367 g/mol. The lowest BCUT2D eigenvalue weighted by Crippen LogP contribution is -2.39. The number of fused-ring (bicyclic) bond motifs is 3. The number of tetrazole rings is 1. The van der Waals surface area contributed by atoms with Crippen LogP contribution in [0.15, 0.2) is 24.3 Å². The average Bonchev–Trinajstić information content (AvgIpc) is 3.17. The number of aromatic nitrogens is 4. The average molecular weight is 367 g/mol. The van der Waals surface area contributed by atoms with Gasteiger partial charge >= 0.3 is 0 Å². The van der Waals surface area contributed by atoms with Gasteiger partial charge in [0.1, 0.15) is 5.75 Å². The number of nitrogens with zero attached hydrogens (tertiary/aromatic N) is 5. The van der Waals surface area contributed by atoms with E-state index in [-0.39, 0.29) is 5.91 Å². The standard InChI is InChI=1S/C20H25N5O2/c1-3-27-18-9-10-19-15(12-18)11-16(20-21-22-23-25(19)20)13-24(14(2)26)17-7-5-4-6-8-17/h9-12,17H,3-8,13H2,1-2H3. The molecule has 7 heteroatoms. The highest BCUT2D eigenvalue weighted by molar-refractivity contribution is 5.84. The number of pyridine rings is 1. The highest BCUT2D eigenvalue weighted by Gasteiger charge is 2.24. The number of rotatable bonds is 5. The largest absolute Gasteiger partial charge is 0.494 e. The number of amides is 1. The van der Waals surface area contributed by atoms with Crippen LogP contribution in [0.4, 0.5) is 0 Å². The predicted molar refractivity (Wildman–Crippen MR) is 103 cm³/mol. The summed E-state index contributed by atoms with van der Waals surface area (Å²) in [5, 5.41) is 13.2. The van der Waals surface area contributed by atoms with Crippen LogP contribution in [0.2, 0.25) is 0 Å². The zero-order chi connectivity index (χ0) is 18.8. The molecule has 1 fully saturated rings. The fourth-order valence-corrected chi connectivity index (χ4v) is 4.09. The van der Waals surface area contributed by atoms with Gasteiger partial charge in [-0.25, -0.2) is 0 Å². The van der Waals surface area contributed by atoms with Gasteiger partial charge in [-0.1, -0.05) is 19.3 Å². The molecule has 1 aromatic carbocycles. The summed E-state index contributed by atoms with van der Waals surface area (Å²) >= 11 is 0. The van der Waals surface area contributed by atoms with Gasteiger partial charge in [-0.15, -0.1) is 5.10 Å². The molecule has 0 radical (unpaired) electrons. The fraction of sp³-hybridized carbons (Fsp3) is 0.500. The summed E-state index contributed by atoms with van der Waals surface area (Å²) < 4.78 is 7.39. The molecule has 2 heterocycles. The molecule has 1 saturated carbocycles. The maximum Gasteiger partial charge on any atom is 0.219 e. The van der Waals surface area contributed by atoms with E-state index < -0.39 is 0 Å². The number of hydrogen-bond donors (Lipinski definition) is 0. The molecular weight excluding hydrogens is 342 g/mol. The Hall–Kier alpha value is -2.70. The van der Waals surface area contributed by atoms with E-state index >= 15 is 0 Å². The van der Waals surface area contributed by atoms with Crippen molar-refractivity contribution in [3.8, 4) is 5.75 Å². The molecule has 7 nitrogen and oxygen atoms in total. The van der Waals surface area contributed by atoms with Crippen LogP contribution >= 0.6 is 0 Å². The number of ether oxygens (including phenoxy) is 1. The third kappa shape index (κ3) is 3.46. The molecule has 4 rings (SSSR count). The zero-order valence-corrected chi connectivity index (χ0v) is 15.9. The van der Waals surface area contributed by atoms with Crippen molar-refractivity contribution in [2.45, 2.75) is 58.5 Å². The third-order valence-electron chi connectivity index (χ3n) is 5.39. The molecule has 1 amide bonds. The lowest BCUT2D eigenvalue weighted by atomic mass is 9.93. The molecule has 0 N–H and O–H groups in total. The first-order chi connectivity index (χ1) is 13.2. The second kappa shape index (κ2) is 7.50. The Morgan fingerprint density at radius 3 is 2.81 bits per heavy atom. The molecular formula is C20H25N5O2. The van der Waals surface area contributed by atoms with Crippen molar-refractivity contribution in [1.29, 1.82) is 0 Å². The van der Waals surface area contributed by atoms with E-state index in [0.717, 1.165) is 35.1 Å². The molecule has 0 aliphatic heterocycles. The number of carbonyl (C=O) groups is 1. The molecule has 1 aliphatic carbocycles. The zero-order valence-electron chi connectivity index (χ0n) is 15.9. The van der Waals surface area contributed by atoms with Gasteiger partial charge < -0.3 is 9.64 Å². The molecule has 27 heavy (non-hydrogen) atoms. The van der Waals surface area contributed by atoms with Gasteiger partial charge in [0.15, 0.2) is 5.65 Å². The Bertz CT molecular complexity index is 962. The Kier molecular flexibility index (Phi) is 4.92. The van der Waals surface area contributed by atoms with Crippen LogP contribution in [0.5, 0.6) is 5.75 Å². The summed E-state index contributed by atoms with van der Waals surface area (Å²) in [4.78, 5) is 14.4. The van der Waals surface area contributed by atoms with E-state index in [1.54, 1.807) is 11.4 Å². The van der Waals surface area contributed by atoms with E-state index in [9.17, 15) is 4.79 Å². The summed E-state index contributed by atoms with van der Waals surface area (Å²) in [5.41, 5.74) is 2.59. The van der Waals surface area contributed by atoms with E-state index in [0.29, 0.717) is 24.8 Å². The first-order valence-corrected chi connectivity index (χ1v) is 9.71. The van der Waals surface area contributed by atoms with Crippen LogP contribution in [0.3, 0.4) is 0 Å². The Morgan fingerprint density at radius 2 is 2.07 bits per heavy atom. The summed E-state index contributed by atoms with van der Waals surface area (Å²) in [6.45, 7) is 4.77. The first kappa shape index (κ1) is 17.7. The summed E-state index contributed by atoms with van der Waals surface area (Å²) in [6, 6.07) is 8.29. The van der Waals surface area contributed by atoms with E-state index in [2.05, 4.69) is 21.6 Å². The lowest BCUT2D eigenvalue weighted by molar-refractivity contribution is -0.132. The van der Waals surface area contributed by atoms with Gasteiger partial charge in [0, 0.05) is 30.5 Å². The van der Waals surface area contributed by atoms with E-state index in [1.807, 2.05) is 30.0 Å². The number of carbonyl (C=O) groups excluding carboxylic acids is 1. The highest BCUT2D eigenvalue weighted by Crippen LogP contribution is 2.28. The molecule has 2 aromatic heterocycles. The number of hydrogen-bond acceptors (Lipinski definition) is 5. The molecule has 0 spiro atoms. The van der Waals surface area contributed by atoms with Gasteiger partial charge in [0.25, 0.3) is 0 Å².